The van der Waals surface area contributed by atoms with Crippen LogP contribution in [0.25, 0.3) is 0 Å². The Hall–Kier alpha value is -0.160. The van der Waals surface area contributed by atoms with Crippen molar-refractivity contribution in [2.75, 3.05) is 12.5 Å². The molecule has 0 aliphatic heterocycles. The van der Waals surface area contributed by atoms with E-state index in [9.17, 15) is 18.0 Å². The fourth-order valence-electron chi connectivity index (χ4n) is 0.306. The highest BCUT2D eigenvalue weighted by Crippen LogP contribution is 2.15. The van der Waals surface area contributed by atoms with Crippen molar-refractivity contribution >= 4 is 29.2 Å². The van der Waals surface area contributed by atoms with Crippen LogP contribution in [0.4, 0.5) is 13.2 Å². The SMILES string of the molecule is O=C(OCC(F)(F)F)C(Cl)CCl. The van der Waals surface area contributed by atoms with Gasteiger partial charge in [-0.3, -0.25) is 4.79 Å². The maximum Gasteiger partial charge on any atom is 0.422 e. The predicted molar refractivity (Wildman–Crippen MR) is 37.4 cm³/mol. The van der Waals surface area contributed by atoms with Gasteiger partial charge in [-0.1, -0.05) is 0 Å². The van der Waals surface area contributed by atoms with E-state index in [2.05, 4.69) is 4.74 Å². The standard InChI is InChI=1S/C5H5Cl2F3O2/c6-1-3(7)4(11)12-2-5(8,9)10/h3H,1-2H2. The molecule has 0 fully saturated rings. The summed E-state index contributed by atoms with van der Waals surface area (Å²) in [4.78, 5) is 10.5. The average molecular weight is 225 g/mol. The van der Waals surface area contributed by atoms with E-state index in [-0.39, 0.29) is 5.88 Å². The number of halogens is 5. The van der Waals surface area contributed by atoms with Crippen molar-refractivity contribution in [1.82, 2.24) is 0 Å². The number of carbonyl (C=O) groups is 1. The van der Waals surface area contributed by atoms with Gasteiger partial charge in [-0.25, -0.2) is 0 Å². The van der Waals surface area contributed by atoms with Gasteiger partial charge >= 0.3 is 12.1 Å². The molecule has 0 saturated carbocycles. The quantitative estimate of drug-likeness (QED) is 0.541. The number of alkyl halides is 5. The van der Waals surface area contributed by atoms with Gasteiger partial charge < -0.3 is 4.74 Å². The van der Waals surface area contributed by atoms with Gasteiger partial charge in [-0.2, -0.15) is 13.2 Å². The summed E-state index contributed by atoms with van der Waals surface area (Å²) < 4.78 is 38.1. The van der Waals surface area contributed by atoms with E-state index in [1.165, 1.54) is 0 Å². The predicted octanol–water partition coefficient (Wildman–Crippen LogP) is 1.94. The van der Waals surface area contributed by atoms with Crippen LogP contribution >= 0.6 is 23.2 Å². The molecule has 0 aliphatic rings. The lowest BCUT2D eigenvalue weighted by molar-refractivity contribution is -0.185. The molecule has 0 aromatic carbocycles. The first-order valence-corrected chi connectivity index (χ1v) is 3.77. The molecule has 2 nitrogen and oxygen atoms in total. The number of rotatable bonds is 3. The molecule has 1 unspecified atom stereocenters. The van der Waals surface area contributed by atoms with Gasteiger partial charge in [-0.05, 0) is 0 Å². The first-order chi connectivity index (χ1) is 5.37. The van der Waals surface area contributed by atoms with Crippen molar-refractivity contribution in [2.24, 2.45) is 0 Å². The number of hydrogen-bond donors (Lipinski definition) is 0. The summed E-state index contributed by atoms with van der Waals surface area (Å²) in [5.74, 6) is -1.44. The summed E-state index contributed by atoms with van der Waals surface area (Å²) in [6, 6.07) is 0. The second-order valence-corrected chi connectivity index (χ2v) is 2.68. The molecule has 1 atom stereocenters. The average Bonchev–Trinajstić information content (AvgIpc) is 1.97. The molecule has 12 heavy (non-hydrogen) atoms. The lowest BCUT2D eigenvalue weighted by Gasteiger charge is -2.08. The van der Waals surface area contributed by atoms with Crippen LogP contribution in [-0.4, -0.2) is 30.0 Å². The highest BCUT2D eigenvalue weighted by Gasteiger charge is 2.30. The van der Waals surface area contributed by atoms with Gasteiger partial charge in [0.15, 0.2) is 6.61 Å². The summed E-state index contributed by atoms with van der Waals surface area (Å²) in [7, 11) is 0. The number of esters is 1. The first-order valence-electron chi connectivity index (χ1n) is 2.80. The molecule has 0 bridgehead atoms. The van der Waals surface area contributed by atoms with Crippen molar-refractivity contribution in [2.45, 2.75) is 11.6 Å². The fraction of sp³-hybridized carbons (Fsp3) is 0.800. The Balaban J connectivity index is 3.72. The lowest BCUT2D eigenvalue weighted by atomic mass is 10.5. The molecule has 0 heterocycles. The molecule has 0 aromatic heterocycles. The van der Waals surface area contributed by atoms with Crippen LogP contribution in [0, 0.1) is 0 Å². The van der Waals surface area contributed by atoms with E-state index in [0.717, 1.165) is 0 Å². The van der Waals surface area contributed by atoms with Gasteiger partial charge in [-0.15, -0.1) is 23.2 Å². The van der Waals surface area contributed by atoms with Gasteiger partial charge in [0.25, 0.3) is 0 Å². The Labute approximate surface area is 76.6 Å². The number of ether oxygens (including phenoxy) is 1. The lowest BCUT2D eigenvalue weighted by Crippen LogP contribution is -2.26. The molecule has 0 radical (unpaired) electrons. The number of carbonyl (C=O) groups excluding carboxylic acids is 1. The molecule has 72 valence electrons. The second kappa shape index (κ2) is 4.77. The zero-order valence-corrected chi connectivity index (χ0v) is 7.21. The van der Waals surface area contributed by atoms with Crippen molar-refractivity contribution in [3.8, 4) is 0 Å². The Morgan fingerprint density at radius 1 is 1.50 bits per heavy atom. The molecule has 0 saturated heterocycles. The van der Waals surface area contributed by atoms with E-state index >= 15 is 0 Å². The highest BCUT2D eigenvalue weighted by molar-refractivity contribution is 6.35. The largest absolute Gasteiger partial charge is 0.455 e. The molecule has 0 spiro atoms. The summed E-state index contributed by atoms with van der Waals surface area (Å²) >= 11 is 10.3. The van der Waals surface area contributed by atoms with Crippen LogP contribution in [0.15, 0.2) is 0 Å². The third-order valence-corrected chi connectivity index (χ3v) is 1.57. The normalized spacial score (nSPS) is 14.1. The molecule has 0 amide bonds. The third kappa shape index (κ3) is 5.49. The third-order valence-electron chi connectivity index (χ3n) is 0.769. The van der Waals surface area contributed by atoms with Crippen molar-refractivity contribution in [3.05, 3.63) is 0 Å². The molecule has 0 N–H and O–H groups in total. The fourth-order valence-corrected chi connectivity index (χ4v) is 0.495. The Kier molecular flexibility index (Phi) is 4.70. The van der Waals surface area contributed by atoms with E-state index in [4.69, 9.17) is 23.2 Å². The summed E-state index contributed by atoms with van der Waals surface area (Å²) in [6.45, 7) is -1.63. The van der Waals surface area contributed by atoms with Crippen LogP contribution in [0.3, 0.4) is 0 Å². The topological polar surface area (TPSA) is 26.3 Å². The minimum Gasteiger partial charge on any atom is -0.455 e. The van der Waals surface area contributed by atoms with Crippen molar-refractivity contribution in [3.63, 3.8) is 0 Å². The Morgan fingerprint density at radius 3 is 2.33 bits per heavy atom. The maximum absolute atomic E-state index is 11.4. The molecule has 0 aliphatic carbocycles. The second-order valence-electron chi connectivity index (χ2n) is 1.84. The van der Waals surface area contributed by atoms with E-state index < -0.39 is 24.1 Å². The molecule has 7 heteroatoms. The summed E-state index contributed by atoms with van der Waals surface area (Å²) in [5, 5.41) is -1.23. The van der Waals surface area contributed by atoms with Gasteiger partial charge in [0, 0.05) is 5.88 Å². The minimum absolute atomic E-state index is 0.280. The van der Waals surface area contributed by atoms with Crippen molar-refractivity contribution in [1.29, 1.82) is 0 Å². The van der Waals surface area contributed by atoms with Gasteiger partial charge in [0.1, 0.15) is 5.38 Å². The van der Waals surface area contributed by atoms with Gasteiger partial charge in [0.05, 0.1) is 0 Å². The van der Waals surface area contributed by atoms with Crippen molar-refractivity contribution < 1.29 is 22.7 Å². The smallest absolute Gasteiger partial charge is 0.422 e. The van der Waals surface area contributed by atoms with Crippen LogP contribution < -0.4 is 0 Å². The van der Waals surface area contributed by atoms with E-state index in [0.29, 0.717) is 0 Å². The minimum atomic E-state index is -4.53. The van der Waals surface area contributed by atoms with Gasteiger partial charge in [0.2, 0.25) is 0 Å². The van der Waals surface area contributed by atoms with Crippen LogP contribution in [0.5, 0.6) is 0 Å². The van der Waals surface area contributed by atoms with Crippen LogP contribution in [-0.2, 0) is 9.53 Å². The monoisotopic (exact) mass is 224 g/mol. The van der Waals surface area contributed by atoms with E-state index in [1.807, 2.05) is 0 Å². The zero-order chi connectivity index (χ0) is 9.78. The van der Waals surface area contributed by atoms with E-state index in [1.54, 1.807) is 0 Å². The molecular weight excluding hydrogens is 220 g/mol. The summed E-state index contributed by atoms with van der Waals surface area (Å²) in [6.07, 6.45) is -4.53. The van der Waals surface area contributed by atoms with Crippen LogP contribution in [0.1, 0.15) is 0 Å². The van der Waals surface area contributed by atoms with Crippen LogP contribution in [0.2, 0.25) is 0 Å². The Morgan fingerprint density at radius 2 is 2.00 bits per heavy atom. The molecule has 0 aromatic rings. The number of hydrogen-bond acceptors (Lipinski definition) is 2. The maximum atomic E-state index is 11.4. The first kappa shape index (κ1) is 11.8. The highest BCUT2D eigenvalue weighted by atomic mass is 35.5. The Bertz CT molecular complexity index is 159. The summed E-state index contributed by atoms with van der Waals surface area (Å²) in [5.41, 5.74) is 0. The molecule has 0 rings (SSSR count). The molecular formula is C5H5Cl2F3O2. The zero-order valence-electron chi connectivity index (χ0n) is 5.70.